The highest BCUT2D eigenvalue weighted by molar-refractivity contribution is 5.28. The lowest BCUT2D eigenvalue weighted by Gasteiger charge is -2.36. The molecule has 0 radical (unpaired) electrons. The van der Waals surface area contributed by atoms with Gasteiger partial charge in [-0.05, 0) is 49.1 Å². The monoisotopic (exact) mass is 377 g/mol. The molecule has 1 heterocycles. The zero-order valence-corrected chi connectivity index (χ0v) is 16.8. The third kappa shape index (κ3) is 5.98. The number of nitrogens with two attached hydrogens (primary N) is 1. The Morgan fingerprint density at radius 3 is 2.59 bits per heavy atom. The summed E-state index contributed by atoms with van der Waals surface area (Å²) in [5, 5.41) is 3.20. The summed E-state index contributed by atoms with van der Waals surface area (Å²) in [6.45, 7) is 6.29. The van der Waals surface area contributed by atoms with E-state index in [1.165, 1.54) is 6.07 Å². The average molecular weight is 378 g/mol. The van der Waals surface area contributed by atoms with Gasteiger partial charge in [0.2, 0.25) is 0 Å². The van der Waals surface area contributed by atoms with Gasteiger partial charge in [0.15, 0.2) is 0 Å². The molecule has 0 aliphatic carbocycles. The van der Waals surface area contributed by atoms with Gasteiger partial charge in [-0.3, -0.25) is 0 Å². The second kappa shape index (κ2) is 10.3. The molecule has 1 aromatic rings. The first-order chi connectivity index (χ1) is 13.0. The first-order valence-electron chi connectivity index (χ1n) is 9.97. The van der Waals surface area contributed by atoms with Crippen molar-refractivity contribution >= 4 is 0 Å². The minimum atomic E-state index is -0.518. The van der Waals surface area contributed by atoms with E-state index in [1.54, 1.807) is 12.3 Å². The summed E-state index contributed by atoms with van der Waals surface area (Å²) in [5.74, 6) is 0.0946. The van der Waals surface area contributed by atoms with E-state index in [9.17, 15) is 8.78 Å². The van der Waals surface area contributed by atoms with Crippen LogP contribution in [0.4, 0.5) is 8.78 Å². The minimum Gasteiger partial charge on any atom is -0.403 e. The number of halogens is 2. The third-order valence-electron chi connectivity index (χ3n) is 5.60. The van der Waals surface area contributed by atoms with Gasteiger partial charge < -0.3 is 16.0 Å². The SMILES string of the molecule is CCC(C)C/C=C(\C(=C/N)NC)N1CCC(Cc2ccc(F)cc2F)CC1. The standard InChI is InChI=1S/C22H33F2N3/c1-4-16(2)5-8-22(21(15-25)26-3)27-11-9-17(10-12-27)13-18-6-7-19(23)14-20(18)24/h6-8,14-17,26H,4-5,9-13,25H2,1-3H3/b21-15+,22-8+. The number of piperidine rings is 1. The average Bonchev–Trinajstić information content (AvgIpc) is 2.67. The number of hydrogen-bond donors (Lipinski definition) is 2. The molecule has 150 valence electrons. The van der Waals surface area contributed by atoms with Crippen LogP contribution in [-0.4, -0.2) is 25.0 Å². The van der Waals surface area contributed by atoms with E-state index in [2.05, 4.69) is 30.1 Å². The molecule has 0 saturated carbocycles. The van der Waals surface area contributed by atoms with Gasteiger partial charge in [0.1, 0.15) is 11.6 Å². The fraction of sp³-hybridized carbons (Fsp3) is 0.545. The predicted octanol–water partition coefficient (Wildman–Crippen LogP) is 4.56. The molecule has 0 bridgehead atoms. The lowest BCUT2D eigenvalue weighted by molar-refractivity contribution is 0.225. The van der Waals surface area contributed by atoms with Crippen molar-refractivity contribution in [2.75, 3.05) is 20.1 Å². The van der Waals surface area contributed by atoms with Gasteiger partial charge >= 0.3 is 0 Å². The zero-order chi connectivity index (χ0) is 19.8. The Labute approximate surface area is 162 Å². The summed E-state index contributed by atoms with van der Waals surface area (Å²) < 4.78 is 27.0. The summed E-state index contributed by atoms with van der Waals surface area (Å²) >= 11 is 0. The van der Waals surface area contributed by atoms with Crippen molar-refractivity contribution in [3.05, 3.63) is 59.1 Å². The Kier molecular flexibility index (Phi) is 8.14. The van der Waals surface area contributed by atoms with E-state index in [0.717, 1.165) is 56.2 Å². The number of rotatable bonds is 8. The Morgan fingerprint density at radius 2 is 2.04 bits per heavy atom. The Balaban J connectivity index is 2.01. The highest BCUT2D eigenvalue weighted by atomic mass is 19.1. The van der Waals surface area contributed by atoms with Gasteiger partial charge in [0, 0.05) is 32.4 Å². The molecule has 1 saturated heterocycles. The summed E-state index contributed by atoms with van der Waals surface area (Å²) in [6, 6.07) is 3.89. The molecule has 2 rings (SSSR count). The van der Waals surface area contributed by atoms with Crippen molar-refractivity contribution in [3.8, 4) is 0 Å². The maximum absolute atomic E-state index is 13.9. The van der Waals surface area contributed by atoms with Gasteiger partial charge in [0.05, 0.1) is 11.4 Å². The van der Waals surface area contributed by atoms with Crippen molar-refractivity contribution in [1.29, 1.82) is 0 Å². The molecule has 1 atom stereocenters. The van der Waals surface area contributed by atoms with Gasteiger partial charge in [0.25, 0.3) is 0 Å². The quantitative estimate of drug-likeness (QED) is 0.653. The number of benzene rings is 1. The number of nitrogens with zero attached hydrogens (tertiary/aromatic N) is 1. The molecular weight excluding hydrogens is 344 g/mol. The van der Waals surface area contributed by atoms with E-state index in [-0.39, 0.29) is 0 Å². The van der Waals surface area contributed by atoms with Crippen LogP contribution in [0.2, 0.25) is 0 Å². The molecule has 1 aromatic carbocycles. The maximum Gasteiger partial charge on any atom is 0.129 e. The molecule has 0 amide bonds. The predicted molar refractivity (Wildman–Crippen MR) is 108 cm³/mol. The van der Waals surface area contributed by atoms with Crippen LogP contribution in [-0.2, 0) is 6.42 Å². The molecule has 1 unspecified atom stereocenters. The van der Waals surface area contributed by atoms with Gasteiger partial charge in [-0.1, -0.05) is 32.4 Å². The lowest BCUT2D eigenvalue weighted by atomic mass is 9.89. The molecule has 0 aromatic heterocycles. The van der Waals surface area contributed by atoms with E-state index in [0.29, 0.717) is 23.8 Å². The first-order valence-corrected chi connectivity index (χ1v) is 9.97. The molecule has 1 aliphatic rings. The molecule has 3 nitrogen and oxygen atoms in total. The fourth-order valence-electron chi connectivity index (χ4n) is 3.56. The minimum absolute atomic E-state index is 0.414. The van der Waals surface area contributed by atoms with Crippen molar-refractivity contribution < 1.29 is 8.78 Å². The number of allylic oxidation sites excluding steroid dienone is 1. The summed E-state index contributed by atoms with van der Waals surface area (Å²) in [7, 11) is 1.89. The Hall–Kier alpha value is -2.04. The topological polar surface area (TPSA) is 41.3 Å². The first kappa shape index (κ1) is 21.3. The molecule has 5 heteroatoms. The van der Waals surface area contributed by atoms with Crippen LogP contribution in [0.3, 0.4) is 0 Å². The van der Waals surface area contributed by atoms with Crippen molar-refractivity contribution in [3.63, 3.8) is 0 Å². The zero-order valence-electron chi connectivity index (χ0n) is 16.8. The molecule has 0 spiro atoms. The fourth-order valence-corrected chi connectivity index (χ4v) is 3.56. The number of likely N-dealkylation sites (N-methyl/N-ethyl adjacent to an activating group) is 1. The van der Waals surface area contributed by atoms with Crippen LogP contribution in [0.15, 0.2) is 41.9 Å². The summed E-state index contributed by atoms with van der Waals surface area (Å²) in [5.41, 5.74) is 8.54. The van der Waals surface area contributed by atoms with Crippen LogP contribution in [0.1, 0.15) is 45.1 Å². The highest BCUT2D eigenvalue weighted by Gasteiger charge is 2.23. The van der Waals surface area contributed by atoms with Crippen LogP contribution in [0.25, 0.3) is 0 Å². The second-order valence-corrected chi connectivity index (χ2v) is 7.54. The van der Waals surface area contributed by atoms with Crippen LogP contribution in [0, 0.1) is 23.5 Å². The van der Waals surface area contributed by atoms with Crippen LogP contribution >= 0.6 is 0 Å². The smallest absolute Gasteiger partial charge is 0.129 e. The second-order valence-electron chi connectivity index (χ2n) is 7.54. The summed E-state index contributed by atoms with van der Waals surface area (Å²) in [6.07, 6.45) is 8.71. The van der Waals surface area contributed by atoms with Crippen molar-refractivity contribution in [2.45, 2.75) is 46.0 Å². The number of hydrogen-bond acceptors (Lipinski definition) is 3. The Morgan fingerprint density at radius 1 is 1.33 bits per heavy atom. The van der Waals surface area contributed by atoms with E-state index < -0.39 is 11.6 Å². The van der Waals surface area contributed by atoms with E-state index in [1.807, 2.05) is 7.05 Å². The lowest BCUT2D eigenvalue weighted by Crippen LogP contribution is -2.36. The summed E-state index contributed by atoms with van der Waals surface area (Å²) in [4.78, 5) is 2.37. The third-order valence-corrected chi connectivity index (χ3v) is 5.60. The highest BCUT2D eigenvalue weighted by Crippen LogP contribution is 2.27. The largest absolute Gasteiger partial charge is 0.403 e. The molecule has 27 heavy (non-hydrogen) atoms. The van der Waals surface area contributed by atoms with Crippen molar-refractivity contribution in [2.24, 2.45) is 17.6 Å². The van der Waals surface area contributed by atoms with Gasteiger partial charge in [-0.2, -0.15) is 0 Å². The van der Waals surface area contributed by atoms with Crippen LogP contribution in [0.5, 0.6) is 0 Å². The Bertz CT molecular complexity index is 662. The van der Waals surface area contributed by atoms with Gasteiger partial charge in [-0.15, -0.1) is 0 Å². The normalized spacial score (nSPS) is 17.9. The van der Waals surface area contributed by atoms with Crippen molar-refractivity contribution in [1.82, 2.24) is 10.2 Å². The van der Waals surface area contributed by atoms with Gasteiger partial charge in [-0.25, -0.2) is 8.78 Å². The van der Waals surface area contributed by atoms with Crippen LogP contribution < -0.4 is 11.1 Å². The number of nitrogens with one attached hydrogen (secondary N) is 1. The molecule has 1 fully saturated rings. The maximum atomic E-state index is 13.9. The van der Waals surface area contributed by atoms with E-state index in [4.69, 9.17) is 5.73 Å². The molecule has 3 N–H and O–H groups in total. The molecular formula is C22H33F2N3. The van der Waals surface area contributed by atoms with E-state index >= 15 is 0 Å². The number of likely N-dealkylation sites (tertiary alicyclic amines) is 1. The molecule has 1 aliphatic heterocycles.